The number of rotatable bonds is 6. The van der Waals surface area contributed by atoms with E-state index in [1.807, 2.05) is 19.1 Å². The van der Waals surface area contributed by atoms with Gasteiger partial charge < -0.3 is 9.73 Å². The Bertz CT molecular complexity index is 604. The van der Waals surface area contributed by atoms with Crippen molar-refractivity contribution in [2.75, 3.05) is 5.32 Å². The lowest BCUT2D eigenvalue weighted by atomic mass is 10.2. The number of anilines is 1. The van der Waals surface area contributed by atoms with Crippen molar-refractivity contribution < 1.29 is 13.6 Å². The maximum Gasteiger partial charge on any atom is 0.237 e. The molecule has 0 radical (unpaired) electrons. The van der Waals surface area contributed by atoms with Gasteiger partial charge in [0, 0.05) is 5.69 Å². The van der Waals surface area contributed by atoms with Crippen LogP contribution in [0.3, 0.4) is 0 Å². The average molecular weight is 328 g/mol. The average Bonchev–Trinajstić information content (AvgIpc) is 2.97. The third kappa shape index (κ3) is 4.51. The molecule has 0 saturated heterocycles. The van der Waals surface area contributed by atoms with Crippen LogP contribution in [0.2, 0.25) is 5.02 Å². The lowest BCUT2D eigenvalue weighted by Crippen LogP contribution is -2.24. The molecule has 1 aromatic heterocycles. The van der Waals surface area contributed by atoms with Gasteiger partial charge in [0.1, 0.15) is 11.6 Å². The van der Waals surface area contributed by atoms with Crippen LogP contribution in [0.5, 0.6) is 0 Å². The predicted molar refractivity (Wildman–Crippen MR) is 84.1 cm³/mol. The predicted octanol–water partition coefficient (Wildman–Crippen LogP) is 4.72. The molecule has 112 valence electrons. The first kappa shape index (κ1) is 15.9. The van der Waals surface area contributed by atoms with Crippen molar-refractivity contribution in [3.63, 3.8) is 0 Å². The maximum absolute atomic E-state index is 13.1. The van der Waals surface area contributed by atoms with Crippen molar-refractivity contribution >= 4 is 35.0 Å². The van der Waals surface area contributed by atoms with Crippen LogP contribution in [0.1, 0.15) is 19.1 Å². The number of hydrogen-bond donors (Lipinski definition) is 1. The molecule has 2 aromatic rings. The van der Waals surface area contributed by atoms with Gasteiger partial charge in [0.15, 0.2) is 0 Å². The SMILES string of the molecule is CCC(SCc1ccco1)C(=O)Nc1ccc(F)c(Cl)c1. The standard InChI is InChI=1S/C15H15ClFNO2S/c1-2-14(21-9-11-4-3-7-20-11)15(19)18-10-5-6-13(17)12(16)8-10/h3-8,14H,2,9H2,1H3,(H,18,19). The minimum Gasteiger partial charge on any atom is -0.468 e. The fraction of sp³-hybridized carbons (Fsp3) is 0.267. The monoisotopic (exact) mass is 327 g/mol. The van der Waals surface area contributed by atoms with Crippen LogP contribution in [0.15, 0.2) is 41.0 Å². The molecule has 1 N–H and O–H groups in total. The third-order valence-electron chi connectivity index (χ3n) is 2.86. The van der Waals surface area contributed by atoms with Crippen LogP contribution < -0.4 is 5.32 Å². The van der Waals surface area contributed by atoms with E-state index in [0.717, 1.165) is 5.76 Å². The van der Waals surface area contributed by atoms with Gasteiger partial charge in [-0.25, -0.2) is 4.39 Å². The molecule has 1 atom stereocenters. The van der Waals surface area contributed by atoms with Gasteiger partial charge in [-0.3, -0.25) is 4.79 Å². The highest BCUT2D eigenvalue weighted by atomic mass is 35.5. The van der Waals surface area contributed by atoms with Crippen molar-refractivity contribution in [3.05, 3.63) is 53.2 Å². The molecule has 0 aliphatic heterocycles. The van der Waals surface area contributed by atoms with E-state index >= 15 is 0 Å². The molecule has 3 nitrogen and oxygen atoms in total. The summed E-state index contributed by atoms with van der Waals surface area (Å²) in [6.45, 7) is 1.94. The quantitative estimate of drug-likeness (QED) is 0.834. The lowest BCUT2D eigenvalue weighted by Gasteiger charge is -2.14. The summed E-state index contributed by atoms with van der Waals surface area (Å²) in [4.78, 5) is 12.2. The highest BCUT2D eigenvalue weighted by molar-refractivity contribution is 7.99. The molecule has 6 heteroatoms. The molecular weight excluding hydrogens is 313 g/mol. The van der Waals surface area contributed by atoms with Crippen molar-refractivity contribution in [1.29, 1.82) is 0 Å². The Morgan fingerprint density at radius 3 is 2.90 bits per heavy atom. The highest BCUT2D eigenvalue weighted by Gasteiger charge is 2.18. The Kier molecular flexibility index (Phi) is 5.70. The van der Waals surface area contributed by atoms with Gasteiger partial charge in [0.05, 0.1) is 22.3 Å². The first-order valence-electron chi connectivity index (χ1n) is 6.50. The van der Waals surface area contributed by atoms with E-state index < -0.39 is 5.82 Å². The van der Waals surface area contributed by atoms with Gasteiger partial charge in [0.2, 0.25) is 5.91 Å². The Morgan fingerprint density at radius 2 is 2.29 bits per heavy atom. The third-order valence-corrected chi connectivity index (χ3v) is 4.55. The van der Waals surface area contributed by atoms with Gasteiger partial charge in [-0.05, 0) is 36.8 Å². The number of amides is 1. The molecule has 0 bridgehead atoms. The van der Waals surface area contributed by atoms with Crippen LogP contribution in [-0.4, -0.2) is 11.2 Å². The minimum absolute atomic E-state index is 0.0101. The molecule has 1 heterocycles. The number of thioether (sulfide) groups is 1. The number of carbonyl (C=O) groups excluding carboxylic acids is 1. The van der Waals surface area contributed by atoms with Crippen molar-refractivity contribution in [1.82, 2.24) is 0 Å². The summed E-state index contributed by atoms with van der Waals surface area (Å²) in [5, 5.41) is 2.53. The van der Waals surface area contributed by atoms with Crippen molar-refractivity contribution in [2.45, 2.75) is 24.3 Å². The second-order valence-corrected chi connectivity index (χ2v) is 6.00. The molecule has 0 aliphatic rings. The molecule has 0 saturated carbocycles. The van der Waals surface area contributed by atoms with Gasteiger partial charge in [-0.1, -0.05) is 18.5 Å². The maximum atomic E-state index is 13.1. The fourth-order valence-electron chi connectivity index (χ4n) is 1.75. The molecule has 1 unspecified atom stereocenters. The normalized spacial score (nSPS) is 12.1. The largest absolute Gasteiger partial charge is 0.468 e. The number of carbonyl (C=O) groups is 1. The Balaban J connectivity index is 1.94. The number of nitrogens with one attached hydrogen (secondary N) is 1. The topological polar surface area (TPSA) is 42.2 Å². The summed E-state index contributed by atoms with van der Waals surface area (Å²) < 4.78 is 18.3. The number of benzene rings is 1. The van der Waals surface area contributed by atoms with Crippen LogP contribution in [0, 0.1) is 5.82 Å². The first-order chi connectivity index (χ1) is 10.1. The Labute approximate surface area is 131 Å². The van der Waals surface area contributed by atoms with Crippen LogP contribution in [0.4, 0.5) is 10.1 Å². The minimum atomic E-state index is -0.506. The lowest BCUT2D eigenvalue weighted by molar-refractivity contribution is -0.115. The van der Waals surface area contributed by atoms with Gasteiger partial charge in [-0.2, -0.15) is 0 Å². The van der Waals surface area contributed by atoms with E-state index in [1.165, 1.54) is 30.0 Å². The van der Waals surface area contributed by atoms with Crippen molar-refractivity contribution in [2.24, 2.45) is 0 Å². The van der Waals surface area contributed by atoms with E-state index in [0.29, 0.717) is 17.9 Å². The zero-order valence-electron chi connectivity index (χ0n) is 11.4. The van der Waals surface area contributed by atoms with E-state index in [4.69, 9.17) is 16.0 Å². The highest BCUT2D eigenvalue weighted by Crippen LogP contribution is 2.24. The molecular formula is C15H15ClFNO2S. The number of halogens is 2. The molecule has 21 heavy (non-hydrogen) atoms. The number of furan rings is 1. The molecule has 2 rings (SSSR count). The second-order valence-electron chi connectivity index (χ2n) is 4.41. The molecule has 1 amide bonds. The Morgan fingerprint density at radius 1 is 1.48 bits per heavy atom. The smallest absolute Gasteiger partial charge is 0.237 e. The number of hydrogen-bond acceptors (Lipinski definition) is 3. The molecule has 0 aliphatic carbocycles. The molecule has 0 spiro atoms. The zero-order chi connectivity index (χ0) is 15.2. The molecule has 1 aromatic carbocycles. The van der Waals surface area contributed by atoms with E-state index in [-0.39, 0.29) is 16.2 Å². The van der Waals surface area contributed by atoms with Crippen molar-refractivity contribution in [3.8, 4) is 0 Å². The van der Waals surface area contributed by atoms with E-state index in [2.05, 4.69) is 5.32 Å². The van der Waals surface area contributed by atoms with Crippen LogP contribution in [-0.2, 0) is 10.5 Å². The van der Waals surface area contributed by atoms with Gasteiger partial charge in [-0.15, -0.1) is 11.8 Å². The van der Waals surface area contributed by atoms with Gasteiger partial charge in [0.25, 0.3) is 0 Å². The van der Waals surface area contributed by atoms with E-state index in [9.17, 15) is 9.18 Å². The van der Waals surface area contributed by atoms with Crippen LogP contribution in [0.25, 0.3) is 0 Å². The summed E-state index contributed by atoms with van der Waals surface area (Å²) >= 11 is 7.20. The molecule has 0 fully saturated rings. The summed E-state index contributed by atoms with van der Waals surface area (Å²) in [6.07, 6.45) is 2.30. The summed E-state index contributed by atoms with van der Waals surface area (Å²) in [6, 6.07) is 7.81. The summed E-state index contributed by atoms with van der Waals surface area (Å²) in [5.74, 6) is 0.824. The fourth-order valence-corrected chi connectivity index (χ4v) is 2.91. The summed E-state index contributed by atoms with van der Waals surface area (Å²) in [7, 11) is 0. The first-order valence-corrected chi connectivity index (χ1v) is 7.92. The summed E-state index contributed by atoms with van der Waals surface area (Å²) in [5.41, 5.74) is 0.489. The van der Waals surface area contributed by atoms with E-state index in [1.54, 1.807) is 6.26 Å². The second kappa shape index (κ2) is 7.52. The van der Waals surface area contributed by atoms with Gasteiger partial charge >= 0.3 is 0 Å². The van der Waals surface area contributed by atoms with Crippen LogP contribution >= 0.6 is 23.4 Å². The Hall–Kier alpha value is -1.46. The zero-order valence-corrected chi connectivity index (χ0v) is 13.0.